The molecule has 0 amide bonds. The average molecular weight is 321 g/mol. The Bertz CT molecular complexity index is 614. The highest BCUT2D eigenvalue weighted by Gasteiger charge is 2.27. The largest absolute Gasteiger partial charge is 0.370 e. The molecule has 6 heteroatoms. The highest BCUT2D eigenvalue weighted by atomic mass is 35.5. The maximum atomic E-state index is 5.86. The van der Waals surface area contributed by atoms with Crippen LogP contribution < -0.4 is 5.32 Å². The molecule has 2 heterocycles. The fraction of sp³-hybridized carbons (Fsp3) is 0.400. The van der Waals surface area contributed by atoms with Gasteiger partial charge in [-0.25, -0.2) is 15.0 Å². The van der Waals surface area contributed by atoms with E-state index in [0.717, 1.165) is 34.7 Å². The second-order valence-corrected chi connectivity index (χ2v) is 6.54. The van der Waals surface area contributed by atoms with Crippen LogP contribution in [-0.4, -0.2) is 21.5 Å². The Morgan fingerprint density at radius 3 is 2.81 bits per heavy atom. The molecular formula is C15H17ClN4S. The molecule has 1 N–H and O–H groups in total. The van der Waals surface area contributed by atoms with Crippen molar-refractivity contribution in [3.8, 4) is 0 Å². The van der Waals surface area contributed by atoms with Crippen LogP contribution in [0.25, 0.3) is 0 Å². The summed E-state index contributed by atoms with van der Waals surface area (Å²) in [7, 11) is 0. The van der Waals surface area contributed by atoms with Gasteiger partial charge in [0, 0.05) is 24.7 Å². The summed E-state index contributed by atoms with van der Waals surface area (Å²) in [4.78, 5) is 13.6. The highest BCUT2D eigenvalue weighted by molar-refractivity contribution is 7.99. The van der Waals surface area contributed by atoms with E-state index in [-0.39, 0.29) is 0 Å². The van der Waals surface area contributed by atoms with Crippen LogP contribution in [0.4, 0.5) is 5.82 Å². The van der Waals surface area contributed by atoms with Crippen molar-refractivity contribution in [1.29, 1.82) is 0 Å². The molecule has 1 aliphatic rings. The van der Waals surface area contributed by atoms with Crippen molar-refractivity contribution in [1.82, 2.24) is 15.0 Å². The summed E-state index contributed by atoms with van der Waals surface area (Å²) in [6.07, 6.45) is 5.12. The summed E-state index contributed by atoms with van der Waals surface area (Å²) in [5.41, 5.74) is 0. The Balaban J connectivity index is 1.82. The summed E-state index contributed by atoms with van der Waals surface area (Å²) in [6, 6.07) is 5.74. The van der Waals surface area contributed by atoms with E-state index in [1.165, 1.54) is 12.8 Å². The smallest absolute Gasteiger partial charge is 0.135 e. The van der Waals surface area contributed by atoms with Crippen molar-refractivity contribution in [3.05, 3.63) is 35.2 Å². The van der Waals surface area contributed by atoms with Gasteiger partial charge in [-0.2, -0.15) is 0 Å². The van der Waals surface area contributed by atoms with E-state index in [1.54, 1.807) is 18.0 Å². The quantitative estimate of drug-likeness (QED) is 0.801. The Kier molecular flexibility index (Phi) is 4.60. The van der Waals surface area contributed by atoms with Gasteiger partial charge in [-0.3, -0.25) is 0 Å². The van der Waals surface area contributed by atoms with Crippen molar-refractivity contribution in [2.45, 2.75) is 42.2 Å². The van der Waals surface area contributed by atoms with Gasteiger partial charge in [-0.1, -0.05) is 18.5 Å². The van der Waals surface area contributed by atoms with E-state index < -0.39 is 0 Å². The number of nitrogens with one attached hydrogen (secondary N) is 1. The SMILES string of the molecule is CCCNc1cc(Sc2ccc(Cl)cn2)nc(C2CC2)n1. The van der Waals surface area contributed by atoms with Crippen LogP contribution in [0.3, 0.4) is 0 Å². The van der Waals surface area contributed by atoms with Gasteiger partial charge < -0.3 is 5.32 Å². The zero-order chi connectivity index (χ0) is 14.7. The lowest BCUT2D eigenvalue weighted by Gasteiger charge is -2.08. The Morgan fingerprint density at radius 1 is 1.29 bits per heavy atom. The predicted octanol–water partition coefficient (Wildman–Crippen LogP) is 4.38. The summed E-state index contributed by atoms with van der Waals surface area (Å²) in [5, 5.41) is 5.81. The lowest BCUT2D eigenvalue weighted by Crippen LogP contribution is -2.05. The minimum atomic E-state index is 0.533. The monoisotopic (exact) mass is 320 g/mol. The van der Waals surface area contributed by atoms with Gasteiger partial charge in [0.05, 0.1) is 5.02 Å². The van der Waals surface area contributed by atoms with Crippen LogP contribution >= 0.6 is 23.4 Å². The highest BCUT2D eigenvalue weighted by Crippen LogP contribution is 2.39. The second-order valence-electron chi connectivity index (χ2n) is 5.07. The molecule has 0 unspecified atom stereocenters. The van der Waals surface area contributed by atoms with E-state index in [9.17, 15) is 0 Å². The first-order chi connectivity index (χ1) is 10.2. The topological polar surface area (TPSA) is 50.7 Å². The van der Waals surface area contributed by atoms with Gasteiger partial charge in [0.25, 0.3) is 0 Å². The van der Waals surface area contributed by atoms with Gasteiger partial charge >= 0.3 is 0 Å². The molecule has 21 heavy (non-hydrogen) atoms. The molecule has 0 bridgehead atoms. The van der Waals surface area contributed by atoms with Crippen LogP contribution in [0.1, 0.15) is 37.9 Å². The zero-order valence-electron chi connectivity index (χ0n) is 11.8. The third-order valence-electron chi connectivity index (χ3n) is 3.13. The van der Waals surface area contributed by atoms with E-state index in [0.29, 0.717) is 10.9 Å². The molecule has 3 rings (SSSR count). The number of hydrogen-bond donors (Lipinski definition) is 1. The first-order valence-electron chi connectivity index (χ1n) is 7.17. The van der Waals surface area contributed by atoms with Gasteiger partial charge in [0.15, 0.2) is 0 Å². The van der Waals surface area contributed by atoms with Gasteiger partial charge in [-0.05, 0) is 43.2 Å². The number of nitrogens with zero attached hydrogens (tertiary/aromatic N) is 3. The van der Waals surface area contributed by atoms with Gasteiger partial charge in [0.1, 0.15) is 21.7 Å². The Morgan fingerprint density at radius 2 is 2.14 bits per heavy atom. The lowest BCUT2D eigenvalue weighted by molar-refractivity contribution is 0.867. The number of halogens is 1. The molecule has 0 saturated heterocycles. The normalized spacial score (nSPS) is 14.2. The number of anilines is 1. The molecule has 2 aromatic heterocycles. The van der Waals surface area contributed by atoms with E-state index in [4.69, 9.17) is 11.6 Å². The molecule has 0 atom stereocenters. The number of rotatable bonds is 6. The summed E-state index contributed by atoms with van der Waals surface area (Å²) in [6.45, 7) is 3.06. The van der Waals surface area contributed by atoms with Crippen molar-refractivity contribution >= 4 is 29.2 Å². The first kappa shape index (κ1) is 14.6. The fourth-order valence-electron chi connectivity index (χ4n) is 1.89. The van der Waals surface area contributed by atoms with Crippen LogP contribution in [-0.2, 0) is 0 Å². The van der Waals surface area contributed by atoms with Crippen LogP contribution in [0.5, 0.6) is 0 Å². The summed E-state index contributed by atoms with van der Waals surface area (Å²) < 4.78 is 0. The second kappa shape index (κ2) is 6.62. The lowest BCUT2D eigenvalue weighted by atomic mass is 10.4. The van der Waals surface area contributed by atoms with E-state index in [1.807, 2.05) is 18.2 Å². The van der Waals surface area contributed by atoms with Crippen LogP contribution in [0.2, 0.25) is 5.02 Å². The third kappa shape index (κ3) is 4.08. The molecular weight excluding hydrogens is 304 g/mol. The molecule has 0 aliphatic heterocycles. The molecule has 4 nitrogen and oxygen atoms in total. The molecule has 0 aromatic carbocycles. The minimum Gasteiger partial charge on any atom is -0.370 e. The summed E-state index contributed by atoms with van der Waals surface area (Å²) >= 11 is 7.41. The third-order valence-corrected chi connectivity index (χ3v) is 4.22. The maximum absolute atomic E-state index is 5.86. The van der Waals surface area contributed by atoms with Crippen LogP contribution in [0, 0.1) is 0 Å². The Hall–Kier alpha value is -1.33. The zero-order valence-corrected chi connectivity index (χ0v) is 13.4. The van der Waals surface area contributed by atoms with Crippen LogP contribution in [0.15, 0.2) is 34.4 Å². The molecule has 2 aromatic rings. The molecule has 1 saturated carbocycles. The van der Waals surface area contributed by atoms with Crippen molar-refractivity contribution in [2.24, 2.45) is 0 Å². The van der Waals surface area contributed by atoms with Crippen molar-refractivity contribution < 1.29 is 0 Å². The minimum absolute atomic E-state index is 0.533. The number of aromatic nitrogens is 3. The average Bonchev–Trinajstić information content (AvgIpc) is 3.32. The summed E-state index contributed by atoms with van der Waals surface area (Å²) in [5.74, 6) is 2.39. The maximum Gasteiger partial charge on any atom is 0.135 e. The molecule has 0 radical (unpaired) electrons. The van der Waals surface area contributed by atoms with E-state index >= 15 is 0 Å². The predicted molar refractivity (Wildman–Crippen MR) is 86.2 cm³/mol. The number of hydrogen-bond acceptors (Lipinski definition) is 5. The first-order valence-corrected chi connectivity index (χ1v) is 8.36. The van der Waals surface area contributed by atoms with E-state index in [2.05, 4.69) is 27.2 Å². The standard InChI is InChI=1S/C15H17ClN4S/c1-2-7-17-12-8-14(20-15(19-12)10-3-4-10)21-13-6-5-11(16)9-18-13/h5-6,8-10H,2-4,7H2,1H3,(H,17,19,20). The molecule has 0 spiro atoms. The van der Waals surface area contributed by atoms with Gasteiger partial charge in [0.2, 0.25) is 0 Å². The Labute approximate surface area is 133 Å². The molecule has 110 valence electrons. The fourth-order valence-corrected chi connectivity index (χ4v) is 2.77. The van der Waals surface area contributed by atoms with Gasteiger partial charge in [-0.15, -0.1) is 0 Å². The van der Waals surface area contributed by atoms with Crippen molar-refractivity contribution in [3.63, 3.8) is 0 Å². The van der Waals surface area contributed by atoms with Crippen molar-refractivity contribution in [2.75, 3.05) is 11.9 Å². The molecule has 1 fully saturated rings. The molecule has 1 aliphatic carbocycles. The number of pyridine rings is 1.